The lowest BCUT2D eigenvalue weighted by Gasteiger charge is -2.49. The first-order valence-corrected chi connectivity index (χ1v) is 14.1. The van der Waals surface area contributed by atoms with Gasteiger partial charge in [-0.15, -0.1) is 6.58 Å². The summed E-state index contributed by atoms with van der Waals surface area (Å²) < 4.78 is 0. The maximum absolute atomic E-state index is 5.47. The number of anilines is 4. The third kappa shape index (κ3) is 3.72. The van der Waals surface area contributed by atoms with Crippen LogP contribution in [-0.2, 0) is 5.41 Å². The molecule has 2 aliphatic rings. The summed E-state index contributed by atoms with van der Waals surface area (Å²) in [5.41, 5.74) is 8.17. The van der Waals surface area contributed by atoms with E-state index in [1.54, 1.807) is 0 Å². The summed E-state index contributed by atoms with van der Waals surface area (Å²) in [4.78, 5) is 15.5. The molecule has 0 spiro atoms. The van der Waals surface area contributed by atoms with Gasteiger partial charge in [0.25, 0.3) is 0 Å². The molecule has 198 valence electrons. The van der Waals surface area contributed by atoms with Gasteiger partial charge in [0.2, 0.25) is 0 Å². The fourth-order valence-electron chi connectivity index (χ4n) is 6.60. The number of benzene rings is 3. The van der Waals surface area contributed by atoms with E-state index in [-0.39, 0.29) is 17.5 Å². The van der Waals surface area contributed by atoms with Gasteiger partial charge in [-0.25, -0.2) is 9.97 Å². The minimum Gasteiger partial charge on any atom is -0.302 e. The molecular formula is C35H38N4. The van der Waals surface area contributed by atoms with Crippen molar-refractivity contribution in [3.63, 3.8) is 0 Å². The highest BCUT2D eigenvalue weighted by Crippen LogP contribution is 2.57. The van der Waals surface area contributed by atoms with E-state index in [0.717, 1.165) is 23.0 Å². The van der Waals surface area contributed by atoms with Gasteiger partial charge in [-0.3, -0.25) is 0 Å². The summed E-state index contributed by atoms with van der Waals surface area (Å²) in [7, 11) is 0. The SMILES string of the molecule is C=CC1(C)c2ccccc2N2c3nc(-c4c(C(C)C)cccc4C(C)C)cnc3N(c3ccccc3)C2C1C. The molecule has 3 heterocycles. The third-order valence-corrected chi connectivity index (χ3v) is 8.95. The van der Waals surface area contributed by atoms with Crippen LogP contribution in [0.4, 0.5) is 23.0 Å². The number of allylic oxidation sites excluding steroid dienone is 1. The van der Waals surface area contributed by atoms with Crippen molar-refractivity contribution in [2.75, 3.05) is 9.80 Å². The molecule has 4 heteroatoms. The Morgan fingerprint density at radius 1 is 0.821 bits per heavy atom. The van der Waals surface area contributed by atoms with Crippen LogP contribution in [0.25, 0.3) is 11.3 Å². The van der Waals surface area contributed by atoms with Gasteiger partial charge in [-0.05, 0) is 46.7 Å². The largest absolute Gasteiger partial charge is 0.302 e. The van der Waals surface area contributed by atoms with E-state index < -0.39 is 0 Å². The van der Waals surface area contributed by atoms with Gasteiger partial charge in [0, 0.05) is 28.3 Å². The zero-order valence-corrected chi connectivity index (χ0v) is 23.9. The Bertz CT molecular complexity index is 1510. The molecule has 2 aliphatic heterocycles. The first kappa shape index (κ1) is 25.4. The van der Waals surface area contributed by atoms with Crippen molar-refractivity contribution < 1.29 is 0 Å². The van der Waals surface area contributed by atoms with E-state index in [4.69, 9.17) is 9.97 Å². The number of para-hydroxylation sites is 2. The second-order valence-corrected chi connectivity index (χ2v) is 11.8. The van der Waals surface area contributed by atoms with Crippen LogP contribution in [0.3, 0.4) is 0 Å². The number of rotatable bonds is 5. The molecule has 4 nitrogen and oxygen atoms in total. The summed E-state index contributed by atoms with van der Waals surface area (Å²) in [6.45, 7) is 18.0. The fraction of sp³-hybridized carbons (Fsp3) is 0.314. The number of hydrogen-bond donors (Lipinski definition) is 0. The number of aromatic nitrogens is 2. The Labute approximate surface area is 233 Å². The zero-order chi connectivity index (χ0) is 27.5. The van der Waals surface area contributed by atoms with Gasteiger partial charge in [-0.2, -0.15) is 0 Å². The molecule has 3 unspecified atom stereocenters. The summed E-state index contributed by atoms with van der Waals surface area (Å²) in [5, 5.41) is 0. The van der Waals surface area contributed by atoms with Crippen molar-refractivity contribution in [2.24, 2.45) is 5.92 Å². The molecule has 0 saturated heterocycles. The van der Waals surface area contributed by atoms with Crippen LogP contribution in [0, 0.1) is 5.92 Å². The van der Waals surface area contributed by atoms with Gasteiger partial charge in [0.1, 0.15) is 6.17 Å². The molecule has 39 heavy (non-hydrogen) atoms. The van der Waals surface area contributed by atoms with Crippen molar-refractivity contribution in [1.29, 1.82) is 0 Å². The van der Waals surface area contributed by atoms with Gasteiger partial charge in [0.05, 0.1) is 11.9 Å². The summed E-state index contributed by atoms with van der Waals surface area (Å²) in [6.07, 6.45) is 4.13. The maximum Gasteiger partial charge on any atom is 0.179 e. The first-order valence-electron chi connectivity index (χ1n) is 14.1. The summed E-state index contributed by atoms with van der Waals surface area (Å²) in [6, 6.07) is 26.0. The van der Waals surface area contributed by atoms with Crippen molar-refractivity contribution in [3.05, 3.63) is 108 Å². The maximum atomic E-state index is 5.47. The molecule has 0 bridgehead atoms. The van der Waals surface area contributed by atoms with Crippen LogP contribution in [0.5, 0.6) is 0 Å². The van der Waals surface area contributed by atoms with E-state index in [1.165, 1.54) is 27.9 Å². The first-order chi connectivity index (χ1) is 18.8. The highest BCUT2D eigenvalue weighted by molar-refractivity contribution is 5.88. The average molecular weight is 515 g/mol. The monoisotopic (exact) mass is 514 g/mol. The Kier molecular flexibility index (Phi) is 6.10. The minimum absolute atomic E-state index is 0.0143. The lowest BCUT2D eigenvalue weighted by molar-refractivity contribution is 0.312. The zero-order valence-electron chi connectivity index (χ0n) is 23.9. The van der Waals surface area contributed by atoms with E-state index in [9.17, 15) is 0 Å². The topological polar surface area (TPSA) is 32.3 Å². The van der Waals surface area contributed by atoms with E-state index in [1.807, 2.05) is 6.20 Å². The average Bonchev–Trinajstić information content (AvgIpc) is 3.30. The van der Waals surface area contributed by atoms with E-state index in [2.05, 4.69) is 137 Å². The van der Waals surface area contributed by atoms with E-state index >= 15 is 0 Å². The van der Waals surface area contributed by atoms with Crippen LogP contribution in [0.1, 0.15) is 70.1 Å². The van der Waals surface area contributed by atoms with Crippen LogP contribution in [0.15, 0.2) is 91.6 Å². The number of fused-ring (bicyclic) bond motifs is 5. The molecule has 0 radical (unpaired) electrons. The summed E-state index contributed by atoms with van der Waals surface area (Å²) >= 11 is 0. The fourth-order valence-corrected chi connectivity index (χ4v) is 6.60. The quantitative estimate of drug-likeness (QED) is 0.249. The normalized spacial score (nSPS) is 21.6. The van der Waals surface area contributed by atoms with Crippen molar-refractivity contribution in [2.45, 2.75) is 65.0 Å². The molecule has 0 saturated carbocycles. The Balaban J connectivity index is 1.64. The van der Waals surface area contributed by atoms with Gasteiger partial charge < -0.3 is 9.80 Å². The van der Waals surface area contributed by atoms with Crippen molar-refractivity contribution in [1.82, 2.24) is 9.97 Å². The van der Waals surface area contributed by atoms with Crippen LogP contribution in [0.2, 0.25) is 0 Å². The predicted octanol–water partition coefficient (Wildman–Crippen LogP) is 9.10. The second-order valence-electron chi connectivity index (χ2n) is 11.8. The minimum atomic E-state index is -0.204. The van der Waals surface area contributed by atoms with Crippen LogP contribution >= 0.6 is 0 Å². The van der Waals surface area contributed by atoms with E-state index in [0.29, 0.717) is 11.8 Å². The molecule has 0 N–H and O–H groups in total. The standard InChI is InChI=1S/C35H38N4/c1-8-35(7)24(6)34-38(25-15-10-9-11-16-25)32-33(39(34)30-20-13-12-19-28(30)35)37-29(21-36-32)31-26(22(2)3)17-14-18-27(31)23(4)5/h8-24,34H,1H2,2-7H3. The molecule has 0 amide bonds. The second kappa shape index (κ2) is 9.37. The Morgan fingerprint density at radius 2 is 1.46 bits per heavy atom. The number of hydrogen-bond acceptors (Lipinski definition) is 4. The lowest BCUT2D eigenvalue weighted by atomic mass is 9.68. The molecule has 3 aromatic carbocycles. The van der Waals surface area contributed by atoms with Crippen molar-refractivity contribution >= 4 is 23.0 Å². The van der Waals surface area contributed by atoms with Gasteiger partial charge in [-0.1, -0.05) is 102 Å². The summed E-state index contributed by atoms with van der Waals surface area (Å²) in [5.74, 6) is 2.80. The molecule has 1 aromatic heterocycles. The van der Waals surface area contributed by atoms with Crippen molar-refractivity contribution in [3.8, 4) is 11.3 Å². The van der Waals surface area contributed by atoms with Crippen LogP contribution < -0.4 is 9.80 Å². The molecule has 0 aliphatic carbocycles. The highest BCUT2D eigenvalue weighted by Gasteiger charge is 2.53. The molecule has 3 atom stereocenters. The molecule has 0 fully saturated rings. The number of nitrogens with zero attached hydrogens (tertiary/aromatic N) is 4. The molecular weight excluding hydrogens is 476 g/mol. The molecule has 6 rings (SSSR count). The smallest absolute Gasteiger partial charge is 0.179 e. The lowest BCUT2D eigenvalue weighted by Crippen LogP contribution is -2.54. The highest BCUT2D eigenvalue weighted by atomic mass is 15.5. The Morgan fingerprint density at radius 3 is 2.10 bits per heavy atom. The Hall–Kier alpha value is -3.92. The van der Waals surface area contributed by atoms with Gasteiger partial charge >= 0.3 is 0 Å². The van der Waals surface area contributed by atoms with Gasteiger partial charge in [0.15, 0.2) is 11.6 Å². The predicted molar refractivity (Wildman–Crippen MR) is 163 cm³/mol. The third-order valence-electron chi connectivity index (χ3n) is 8.95. The molecule has 4 aromatic rings. The van der Waals surface area contributed by atoms with Crippen LogP contribution in [-0.4, -0.2) is 16.1 Å².